The molecular formula is C11H22O3. The van der Waals surface area contributed by atoms with Gasteiger partial charge < -0.3 is 9.47 Å². The molecule has 0 N–H and O–H groups in total. The maximum absolute atomic E-state index is 11.2. The summed E-state index contributed by atoms with van der Waals surface area (Å²) in [6.45, 7) is 7.06. The molecule has 0 aliphatic rings. The second kappa shape index (κ2) is 9.00. The van der Waals surface area contributed by atoms with E-state index in [1.165, 1.54) is 0 Å². The van der Waals surface area contributed by atoms with Gasteiger partial charge in [-0.05, 0) is 20.3 Å². The Hall–Kier alpha value is -0.570. The van der Waals surface area contributed by atoms with Crippen LogP contribution in [0.5, 0.6) is 0 Å². The number of hydrogen-bond donors (Lipinski definition) is 0. The van der Waals surface area contributed by atoms with Crippen molar-refractivity contribution in [2.75, 3.05) is 13.2 Å². The zero-order valence-electron chi connectivity index (χ0n) is 9.54. The highest BCUT2D eigenvalue weighted by Gasteiger charge is 2.08. The molecule has 0 radical (unpaired) electrons. The molecule has 0 amide bonds. The van der Waals surface area contributed by atoms with Gasteiger partial charge in [0.2, 0.25) is 0 Å². The van der Waals surface area contributed by atoms with E-state index in [1.54, 1.807) is 0 Å². The average Bonchev–Trinajstić information content (AvgIpc) is 2.15. The maximum Gasteiger partial charge on any atom is 0.306 e. The molecule has 1 atom stereocenters. The Bertz CT molecular complexity index is 145. The largest absolute Gasteiger partial charge is 0.460 e. The fourth-order valence-electron chi connectivity index (χ4n) is 1.12. The van der Waals surface area contributed by atoms with E-state index in [9.17, 15) is 4.79 Å². The predicted molar refractivity (Wildman–Crippen MR) is 56.2 cm³/mol. The lowest BCUT2D eigenvalue weighted by molar-refractivity contribution is -0.151. The van der Waals surface area contributed by atoms with Crippen molar-refractivity contribution in [1.82, 2.24) is 0 Å². The molecule has 0 saturated heterocycles. The molecule has 0 saturated carbocycles. The average molecular weight is 202 g/mol. The standard InChI is InChI=1S/C11H22O3/c1-4-6-7-8-11(12)14-10(3)9-13-5-2/h10H,4-9H2,1-3H3. The van der Waals surface area contributed by atoms with E-state index in [-0.39, 0.29) is 12.1 Å². The van der Waals surface area contributed by atoms with E-state index in [2.05, 4.69) is 6.92 Å². The summed E-state index contributed by atoms with van der Waals surface area (Å²) < 4.78 is 10.3. The highest BCUT2D eigenvalue weighted by atomic mass is 16.6. The van der Waals surface area contributed by atoms with E-state index < -0.39 is 0 Å². The lowest BCUT2D eigenvalue weighted by Gasteiger charge is -2.12. The third kappa shape index (κ3) is 8.05. The third-order valence-electron chi connectivity index (χ3n) is 1.87. The fourth-order valence-corrected chi connectivity index (χ4v) is 1.12. The van der Waals surface area contributed by atoms with Crippen LogP contribution in [-0.2, 0) is 14.3 Å². The van der Waals surface area contributed by atoms with Crippen LogP contribution in [-0.4, -0.2) is 25.3 Å². The van der Waals surface area contributed by atoms with Crippen molar-refractivity contribution in [3.63, 3.8) is 0 Å². The van der Waals surface area contributed by atoms with Crippen molar-refractivity contribution in [3.05, 3.63) is 0 Å². The van der Waals surface area contributed by atoms with Gasteiger partial charge in [0.25, 0.3) is 0 Å². The smallest absolute Gasteiger partial charge is 0.306 e. The summed E-state index contributed by atoms with van der Waals surface area (Å²) in [6, 6.07) is 0. The Morgan fingerprint density at radius 3 is 2.57 bits per heavy atom. The van der Waals surface area contributed by atoms with Gasteiger partial charge in [0.15, 0.2) is 0 Å². The molecule has 0 fully saturated rings. The fraction of sp³-hybridized carbons (Fsp3) is 0.909. The Balaban J connectivity index is 3.40. The molecule has 0 rings (SSSR count). The summed E-state index contributed by atoms with van der Waals surface area (Å²) in [6.07, 6.45) is 3.56. The minimum atomic E-state index is -0.121. The highest BCUT2D eigenvalue weighted by Crippen LogP contribution is 2.02. The lowest BCUT2D eigenvalue weighted by atomic mass is 10.2. The first-order valence-corrected chi connectivity index (χ1v) is 5.47. The van der Waals surface area contributed by atoms with E-state index in [4.69, 9.17) is 9.47 Å². The normalized spacial score (nSPS) is 12.5. The van der Waals surface area contributed by atoms with E-state index in [1.807, 2.05) is 13.8 Å². The zero-order chi connectivity index (χ0) is 10.8. The van der Waals surface area contributed by atoms with E-state index in [0.717, 1.165) is 19.3 Å². The van der Waals surface area contributed by atoms with Crippen LogP contribution in [0.25, 0.3) is 0 Å². The van der Waals surface area contributed by atoms with Gasteiger partial charge in [0, 0.05) is 13.0 Å². The van der Waals surface area contributed by atoms with Crippen LogP contribution in [0, 0.1) is 0 Å². The topological polar surface area (TPSA) is 35.5 Å². The molecular weight excluding hydrogens is 180 g/mol. The predicted octanol–water partition coefficient (Wildman–Crippen LogP) is 2.53. The van der Waals surface area contributed by atoms with Gasteiger partial charge in [-0.2, -0.15) is 0 Å². The minimum absolute atomic E-state index is 0.106. The molecule has 0 aliphatic heterocycles. The van der Waals surface area contributed by atoms with Gasteiger partial charge in [-0.1, -0.05) is 19.8 Å². The van der Waals surface area contributed by atoms with Crippen molar-refractivity contribution < 1.29 is 14.3 Å². The third-order valence-corrected chi connectivity index (χ3v) is 1.87. The van der Waals surface area contributed by atoms with Crippen LogP contribution in [0.4, 0.5) is 0 Å². The number of ether oxygens (including phenoxy) is 2. The number of carbonyl (C=O) groups excluding carboxylic acids is 1. The molecule has 0 spiro atoms. The Morgan fingerprint density at radius 1 is 1.29 bits per heavy atom. The zero-order valence-corrected chi connectivity index (χ0v) is 9.54. The first kappa shape index (κ1) is 13.4. The van der Waals surface area contributed by atoms with Gasteiger partial charge in [0.1, 0.15) is 6.10 Å². The Morgan fingerprint density at radius 2 is 2.00 bits per heavy atom. The van der Waals surface area contributed by atoms with Crippen LogP contribution < -0.4 is 0 Å². The van der Waals surface area contributed by atoms with Gasteiger partial charge in [-0.3, -0.25) is 4.79 Å². The summed E-state index contributed by atoms with van der Waals surface area (Å²) >= 11 is 0. The molecule has 1 unspecified atom stereocenters. The summed E-state index contributed by atoms with van der Waals surface area (Å²) in [5, 5.41) is 0. The van der Waals surface area contributed by atoms with Crippen LogP contribution in [0.2, 0.25) is 0 Å². The molecule has 0 heterocycles. The molecule has 0 aliphatic carbocycles. The lowest BCUT2D eigenvalue weighted by Crippen LogP contribution is -2.20. The maximum atomic E-state index is 11.2. The summed E-state index contributed by atoms with van der Waals surface area (Å²) in [4.78, 5) is 11.2. The molecule has 0 aromatic rings. The van der Waals surface area contributed by atoms with Gasteiger partial charge in [-0.25, -0.2) is 0 Å². The van der Waals surface area contributed by atoms with Crippen LogP contribution in [0.1, 0.15) is 46.5 Å². The van der Waals surface area contributed by atoms with E-state index in [0.29, 0.717) is 19.6 Å². The van der Waals surface area contributed by atoms with Crippen LogP contribution in [0.15, 0.2) is 0 Å². The number of rotatable bonds is 8. The van der Waals surface area contributed by atoms with Gasteiger partial charge >= 0.3 is 5.97 Å². The van der Waals surface area contributed by atoms with Gasteiger partial charge in [-0.15, -0.1) is 0 Å². The second-order valence-corrected chi connectivity index (χ2v) is 3.42. The molecule has 84 valence electrons. The second-order valence-electron chi connectivity index (χ2n) is 3.42. The van der Waals surface area contributed by atoms with Crippen LogP contribution >= 0.6 is 0 Å². The van der Waals surface area contributed by atoms with E-state index >= 15 is 0 Å². The van der Waals surface area contributed by atoms with Crippen LogP contribution in [0.3, 0.4) is 0 Å². The number of esters is 1. The summed E-state index contributed by atoms with van der Waals surface area (Å²) in [5.74, 6) is -0.106. The van der Waals surface area contributed by atoms with Gasteiger partial charge in [0.05, 0.1) is 6.61 Å². The Kier molecular flexibility index (Phi) is 8.64. The Labute approximate surface area is 86.8 Å². The minimum Gasteiger partial charge on any atom is -0.460 e. The van der Waals surface area contributed by atoms with Crippen molar-refractivity contribution in [2.24, 2.45) is 0 Å². The molecule has 14 heavy (non-hydrogen) atoms. The van der Waals surface area contributed by atoms with Crippen molar-refractivity contribution in [3.8, 4) is 0 Å². The van der Waals surface area contributed by atoms with Crippen molar-refractivity contribution >= 4 is 5.97 Å². The molecule has 3 heteroatoms. The van der Waals surface area contributed by atoms with Crippen molar-refractivity contribution in [2.45, 2.75) is 52.6 Å². The highest BCUT2D eigenvalue weighted by molar-refractivity contribution is 5.69. The summed E-state index contributed by atoms with van der Waals surface area (Å²) in [5.41, 5.74) is 0. The first-order chi connectivity index (χ1) is 6.70. The SMILES string of the molecule is CCCCCC(=O)OC(C)COCC. The molecule has 0 aromatic carbocycles. The number of unbranched alkanes of at least 4 members (excludes halogenated alkanes) is 2. The summed E-state index contributed by atoms with van der Waals surface area (Å²) in [7, 11) is 0. The molecule has 3 nitrogen and oxygen atoms in total. The number of hydrogen-bond acceptors (Lipinski definition) is 3. The first-order valence-electron chi connectivity index (χ1n) is 5.47. The molecule has 0 bridgehead atoms. The number of carbonyl (C=O) groups is 1. The monoisotopic (exact) mass is 202 g/mol. The molecule has 0 aromatic heterocycles. The quantitative estimate of drug-likeness (QED) is 0.448. The van der Waals surface area contributed by atoms with Crippen molar-refractivity contribution in [1.29, 1.82) is 0 Å².